The molecule has 0 aliphatic carbocycles. The zero-order valence-corrected chi connectivity index (χ0v) is 16.7. The Labute approximate surface area is 149 Å². The predicted octanol–water partition coefficient (Wildman–Crippen LogP) is 1.73. The van der Waals surface area contributed by atoms with Gasteiger partial charge >= 0.3 is 5.97 Å². The molecular formula is C16H25NO6S2. The van der Waals surface area contributed by atoms with E-state index in [0.717, 1.165) is 6.26 Å². The third-order valence-corrected chi connectivity index (χ3v) is 6.54. The monoisotopic (exact) mass is 391 g/mol. The maximum absolute atomic E-state index is 12.6. The molecule has 0 fully saturated rings. The van der Waals surface area contributed by atoms with E-state index in [4.69, 9.17) is 0 Å². The first-order valence-corrected chi connectivity index (χ1v) is 11.2. The van der Waals surface area contributed by atoms with E-state index in [1.807, 2.05) is 13.8 Å². The van der Waals surface area contributed by atoms with Crippen molar-refractivity contribution in [3.8, 4) is 0 Å². The maximum atomic E-state index is 12.6. The minimum Gasteiger partial charge on any atom is -0.481 e. The van der Waals surface area contributed by atoms with Crippen LogP contribution < -0.4 is 4.72 Å². The topological polar surface area (TPSA) is 118 Å². The van der Waals surface area contributed by atoms with E-state index in [2.05, 4.69) is 4.72 Å². The van der Waals surface area contributed by atoms with Gasteiger partial charge in [0.2, 0.25) is 10.0 Å². The zero-order valence-electron chi connectivity index (χ0n) is 15.0. The van der Waals surface area contributed by atoms with Gasteiger partial charge in [-0.1, -0.05) is 13.8 Å². The van der Waals surface area contributed by atoms with Gasteiger partial charge in [-0.25, -0.2) is 21.6 Å². The van der Waals surface area contributed by atoms with E-state index < -0.39 is 31.7 Å². The Morgan fingerprint density at radius 1 is 1.12 bits per heavy atom. The summed E-state index contributed by atoms with van der Waals surface area (Å²) in [4.78, 5) is 11.1. The fraction of sp³-hybridized carbons (Fsp3) is 0.562. The number of rotatable bonds is 8. The molecule has 0 bridgehead atoms. The van der Waals surface area contributed by atoms with Crippen LogP contribution >= 0.6 is 0 Å². The minimum absolute atomic E-state index is 0.0511. The Bertz CT molecular complexity index is 857. The molecule has 1 aromatic rings. The van der Waals surface area contributed by atoms with Crippen LogP contribution in [0.2, 0.25) is 0 Å². The number of carboxylic acid groups (broad SMARTS) is 1. The summed E-state index contributed by atoms with van der Waals surface area (Å²) >= 11 is 0. The van der Waals surface area contributed by atoms with Gasteiger partial charge in [-0.2, -0.15) is 0 Å². The van der Waals surface area contributed by atoms with Crippen molar-refractivity contribution in [1.29, 1.82) is 0 Å². The molecule has 0 aliphatic heterocycles. The van der Waals surface area contributed by atoms with Crippen LogP contribution in [0.1, 0.15) is 31.4 Å². The van der Waals surface area contributed by atoms with Gasteiger partial charge in [0.1, 0.15) is 0 Å². The third-order valence-electron chi connectivity index (χ3n) is 3.77. The lowest BCUT2D eigenvalue weighted by Crippen LogP contribution is -2.34. The second kappa shape index (κ2) is 7.84. The van der Waals surface area contributed by atoms with Crippen molar-refractivity contribution in [2.75, 3.05) is 12.8 Å². The maximum Gasteiger partial charge on any atom is 0.307 e. The summed E-state index contributed by atoms with van der Waals surface area (Å²) in [5, 5.41) is 9.22. The molecule has 25 heavy (non-hydrogen) atoms. The van der Waals surface area contributed by atoms with Crippen molar-refractivity contribution >= 4 is 25.8 Å². The Morgan fingerprint density at radius 3 is 2.08 bits per heavy atom. The number of sulfone groups is 1. The molecule has 0 saturated carbocycles. The first-order valence-electron chi connectivity index (χ1n) is 7.79. The highest BCUT2D eigenvalue weighted by Crippen LogP contribution is 2.25. The van der Waals surface area contributed by atoms with Crippen molar-refractivity contribution in [3.05, 3.63) is 23.3 Å². The SMILES string of the molecule is Cc1cc(S(C)(=O)=O)c(C)c(S(=O)(=O)NCC(CC(C)C)C(=O)O)c1. The third kappa shape index (κ3) is 5.79. The first kappa shape index (κ1) is 21.6. The van der Waals surface area contributed by atoms with Crippen molar-refractivity contribution in [1.82, 2.24) is 4.72 Å². The fourth-order valence-corrected chi connectivity index (χ4v) is 5.15. The second-order valence-corrected chi connectivity index (χ2v) is 10.4. The van der Waals surface area contributed by atoms with Gasteiger partial charge in [-0.3, -0.25) is 4.79 Å². The molecule has 1 unspecified atom stereocenters. The highest BCUT2D eigenvalue weighted by atomic mass is 32.2. The fourth-order valence-electron chi connectivity index (χ4n) is 2.59. The summed E-state index contributed by atoms with van der Waals surface area (Å²) in [6, 6.07) is 2.80. The van der Waals surface area contributed by atoms with Crippen molar-refractivity contribution in [2.24, 2.45) is 11.8 Å². The molecule has 1 atom stereocenters. The van der Waals surface area contributed by atoms with Crippen molar-refractivity contribution < 1.29 is 26.7 Å². The Morgan fingerprint density at radius 2 is 1.64 bits per heavy atom. The second-order valence-electron chi connectivity index (χ2n) is 6.67. The highest BCUT2D eigenvalue weighted by molar-refractivity contribution is 7.91. The summed E-state index contributed by atoms with van der Waals surface area (Å²) in [7, 11) is -7.62. The van der Waals surface area contributed by atoms with Crippen LogP contribution in [-0.2, 0) is 24.7 Å². The van der Waals surface area contributed by atoms with Crippen LogP contribution in [0.5, 0.6) is 0 Å². The molecule has 7 nitrogen and oxygen atoms in total. The molecular weight excluding hydrogens is 366 g/mol. The molecule has 1 aromatic carbocycles. The summed E-state index contributed by atoms with van der Waals surface area (Å²) < 4.78 is 51.2. The molecule has 142 valence electrons. The van der Waals surface area contributed by atoms with Crippen LogP contribution in [0.3, 0.4) is 0 Å². The summed E-state index contributed by atoms with van der Waals surface area (Å²) in [5.74, 6) is -1.83. The summed E-state index contributed by atoms with van der Waals surface area (Å²) in [5.41, 5.74) is 0.611. The minimum atomic E-state index is -4.04. The molecule has 0 aromatic heterocycles. The summed E-state index contributed by atoms with van der Waals surface area (Å²) in [6.07, 6.45) is 1.35. The van der Waals surface area contributed by atoms with Crippen LogP contribution in [0.4, 0.5) is 0 Å². The Kier molecular flexibility index (Phi) is 6.77. The van der Waals surface area contributed by atoms with Crippen LogP contribution in [0, 0.1) is 25.7 Å². The average molecular weight is 392 g/mol. The molecule has 1 rings (SSSR count). The number of nitrogens with one attached hydrogen (secondary N) is 1. The number of benzene rings is 1. The van der Waals surface area contributed by atoms with E-state index in [1.54, 1.807) is 6.92 Å². The van der Waals surface area contributed by atoms with Crippen LogP contribution in [0.15, 0.2) is 21.9 Å². The quantitative estimate of drug-likeness (QED) is 0.697. The normalized spacial score (nSPS) is 13.8. The van der Waals surface area contributed by atoms with Gasteiger partial charge in [0.05, 0.1) is 15.7 Å². The Hall–Kier alpha value is -1.45. The number of sulfonamides is 1. The van der Waals surface area contributed by atoms with Crippen molar-refractivity contribution in [3.63, 3.8) is 0 Å². The smallest absolute Gasteiger partial charge is 0.307 e. The zero-order chi connectivity index (χ0) is 19.6. The van der Waals surface area contributed by atoms with E-state index in [-0.39, 0.29) is 27.8 Å². The number of aliphatic carboxylic acids is 1. The molecule has 0 amide bonds. The van der Waals surface area contributed by atoms with Gasteiger partial charge in [-0.05, 0) is 49.4 Å². The molecule has 0 spiro atoms. The molecule has 0 radical (unpaired) electrons. The average Bonchev–Trinajstić information content (AvgIpc) is 2.43. The molecule has 9 heteroatoms. The highest BCUT2D eigenvalue weighted by Gasteiger charge is 2.26. The predicted molar refractivity (Wildman–Crippen MR) is 94.8 cm³/mol. The Balaban J connectivity index is 3.23. The molecule has 0 heterocycles. The number of aryl methyl sites for hydroxylation is 1. The van der Waals surface area contributed by atoms with E-state index in [1.165, 1.54) is 19.1 Å². The molecule has 2 N–H and O–H groups in total. The number of hydrogen-bond donors (Lipinski definition) is 2. The number of hydrogen-bond acceptors (Lipinski definition) is 5. The molecule has 0 saturated heterocycles. The first-order chi connectivity index (χ1) is 11.3. The largest absolute Gasteiger partial charge is 0.481 e. The summed E-state index contributed by atoms with van der Waals surface area (Å²) in [6.45, 7) is 6.48. The lowest BCUT2D eigenvalue weighted by Gasteiger charge is -2.17. The van der Waals surface area contributed by atoms with E-state index in [9.17, 15) is 26.7 Å². The van der Waals surface area contributed by atoms with Gasteiger partial charge in [0, 0.05) is 12.8 Å². The number of carbonyl (C=O) groups is 1. The van der Waals surface area contributed by atoms with Gasteiger partial charge in [0.25, 0.3) is 0 Å². The van der Waals surface area contributed by atoms with E-state index in [0.29, 0.717) is 12.0 Å². The lowest BCUT2D eigenvalue weighted by atomic mass is 9.98. The van der Waals surface area contributed by atoms with Crippen LogP contribution in [-0.4, -0.2) is 40.7 Å². The van der Waals surface area contributed by atoms with E-state index >= 15 is 0 Å². The van der Waals surface area contributed by atoms with Gasteiger partial charge in [-0.15, -0.1) is 0 Å². The van der Waals surface area contributed by atoms with Crippen molar-refractivity contribution in [2.45, 2.75) is 43.9 Å². The molecule has 0 aliphatic rings. The van der Waals surface area contributed by atoms with Crippen LogP contribution in [0.25, 0.3) is 0 Å². The standard InChI is InChI=1S/C16H25NO6S2/c1-10(2)6-13(16(18)19)9-17-25(22,23)15-8-11(3)7-14(12(15)4)24(5,20)21/h7-8,10,13,17H,6,9H2,1-5H3,(H,18,19). The van der Waals surface area contributed by atoms with Gasteiger partial charge in [0.15, 0.2) is 9.84 Å². The van der Waals surface area contributed by atoms with Gasteiger partial charge < -0.3 is 5.11 Å². The lowest BCUT2D eigenvalue weighted by molar-refractivity contribution is -0.142. The number of carboxylic acids is 1.